The van der Waals surface area contributed by atoms with Crippen LogP contribution in [0.4, 0.5) is 0 Å². The summed E-state index contributed by atoms with van der Waals surface area (Å²) < 4.78 is 0. The van der Waals surface area contributed by atoms with Crippen LogP contribution in [0.1, 0.15) is 0 Å². The molecule has 0 saturated carbocycles. The van der Waals surface area contributed by atoms with Gasteiger partial charge in [-0.15, -0.1) is 0 Å². The fourth-order valence-corrected chi connectivity index (χ4v) is 3.01. The summed E-state index contributed by atoms with van der Waals surface area (Å²) >= 11 is 0. The minimum atomic E-state index is -1.17. The Hall–Kier alpha value is -0.970. The number of carbonyl (C=O) groups excluding carboxylic acids is 1. The van der Waals surface area contributed by atoms with Crippen LogP contribution in [-0.2, 0) is 14.4 Å². The van der Waals surface area contributed by atoms with E-state index in [-0.39, 0.29) is 18.1 Å². The Balaban J connectivity index is 3.95. The van der Waals surface area contributed by atoms with Gasteiger partial charge in [0.05, 0.1) is 6.54 Å². The predicted octanol–water partition coefficient (Wildman–Crippen LogP) is -1.69. The van der Waals surface area contributed by atoms with Crippen LogP contribution < -0.4 is 16.8 Å². The summed E-state index contributed by atoms with van der Waals surface area (Å²) in [5.74, 6) is -2.60. The Morgan fingerprint density at radius 3 is 2.11 bits per heavy atom. The minimum Gasteiger partial charge on any atom is -0.480 e. The van der Waals surface area contributed by atoms with E-state index < -0.39 is 29.9 Å². The first-order chi connectivity index (χ1) is 8.38. The number of carboxylic acid groups (broad SMARTS) is 2. The third kappa shape index (κ3) is 7.37. The molecule has 0 aliphatic rings. The number of rotatable bonds is 9. The number of nitrogens with one attached hydrogen (secondary N) is 1. The number of carboxylic acids is 2. The molecule has 0 aliphatic heterocycles. The van der Waals surface area contributed by atoms with Gasteiger partial charge in [-0.05, 0) is 0 Å². The Morgan fingerprint density at radius 1 is 1.11 bits per heavy atom. The van der Waals surface area contributed by atoms with Crippen molar-refractivity contribution in [3.8, 4) is 0 Å². The monoisotopic (exact) mass is 297 g/mol. The van der Waals surface area contributed by atoms with Crippen molar-refractivity contribution in [1.82, 2.24) is 5.32 Å². The lowest BCUT2D eigenvalue weighted by atomic mass is 10.3. The zero-order valence-corrected chi connectivity index (χ0v) is 11.0. The van der Waals surface area contributed by atoms with Gasteiger partial charge < -0.3 is 27.0 Å². The van der Waals surface area contributed by atoms with Gasteiger partial charge in [0, 0.05) is 11.5 Å². The Bertz CT molecular complexity index is 315. The van der Waals surface area contributed by atoms with Crippen LogP contribution in [0.2, 0.25) is 0 Å². The second-order valence-electron chi connectivity index (χ2n) is 3.18. The third-order valence-corrected chi connectivity index (χ3v) is 4.15. The molecule has 0 heterocycles. The molecule has 8 nitrogen and oxygen atoms in total. The van der Waals surface area contributed by atoms with Crippen molar-refractivity contribution in [3.63, 3.8) is 0 Å². The van der Waals surface area contributed by atoms with Crippen molar-refractivity contribution in [2.24, 2.45) is 11.5 Å². The summed E-state index contributed by atoms with van der Waals surface area (Å²) in [6, 6.07) is -2.05. The molecule has 104 valence electrons. The summed E-state index contributed by atoms with van der Waals surface area (Å²) in [6.45, 7) is -0.286. The highest BCUT2D eigenvalue weighted by Crippen LogP contribution is 2.22. The Kier molecular flexibility index (Phi) is 8.54. The zero-order chi connectivity index (χ0) is 14.1. The van der Waals surface area contributed by atoms with Crippen LogP contribution in [0.25, 0.3) is 0 Å². The fraction of sp³-hybridized carbons (Fsp3) is 0.625. The lowest BCUT2D eigenvalue weighted by Crippen LogP contribution is -2.45. The number of hydrogen-bond donors (Lipinski definition) is 5. The zero-order valence-electron chi connectivity index (χ0n) is 9.37. The number of hydrogen-bond acceptors (Lipinski definition) is 7. The van der Waals surface area contributed by atoms with E-state index in [0.29, 0.717) is 0 Å². The first-order valence-electron chi connectivity index (χ1n) is 4.83. The second kappa shape index (κ2) is 9.03. The van der Waals surface area contributed by atoms with Crippen molar-refractivity contribution in [3.05, 3.63) is 0 Å². The summed E-state index contributed by atoms with van der Waals surface area (Å²) in [5.41, 5.74) is 10.3. The predicted molar refractivity (Wildman–Crippen MR) is 69.1 cm³/mol. The lowest BCUT2D eigenvalue weighted by molar-refractivity contribution is -0.141. The van der Waals surface area contributed by atoms with E-state index in [9.17, 15) is 14.4 Å². The highest BCUT2D eigenvalue weighted by molar-refractivity contribution is 8.76. The minimum absolute atomic E-state index is 0.0953. The number of nitrogens with two attached hydrogens (primary N) is 2. The molecule has 2 unspecified atom stereocenters. The molecule has 1 amide bonds. The molecule has 2 atom stereocenters. The van der Waals surface area contributed by atoms with Gasteiger partial charge in [0.25, 0.3) is 0 Å². The average molecular weight is 297 g/mol. The Labute approximate surface area is 111 Å². The van der Waals surface area contributed by atoms with Gasteiger partial charge in [0.2, 0.25) is 5.91 Å². The molecule has 0 fully saturated rings. The molecule has 0 saturated heterocycles. The summed E-state index contributed by atoms with van der Waals surface area (Å²) in [4.78, 5) is 32.1. The van der Waals surface area contributed by atoms with Gasteiger partial charge >= 0.3 is 11.9 Å². The van der Waals surface area contributed by atoms with Crippen molar-refractivity contribution in [2.45, 2.75) is 12.1 Å². The largest absolute Gasteiger partial charge is 0.480 e. The molecular weight excluding hydrogens is 282 g/mol. The molecule has 10 heteroatoms. The molecule has 0 aromatic carbocycles. The van der Waals surface area contributed by atoms with Crippen LogP contribution >= 0.6 is 21.6 Å². The highest BCUT2D eigenvalue weighted by atomic mass is 33.1. The molecule has 0 aromatic heterocycles. The summed E-state index contributed by atoms with van der Waals surface area (Å²) in [6.07, 6.45) is 0. The second-order valence-corrected chi connectivity index (χ2v) is 5.73. The quantitative estimate of drug-likeness (QED) is 0.247. The average Bonchev–Trinajstić information content (AvgIpc) is 2.31. The van der Waals surface area contributed by atoms with E-state index in [2.05, 4.69) is 5.32 Å². The first kappa shape index (κ1) is 17.0. The first-order valence-corrected chi connectivity index (χ1v) is 7.32. The van der Waals surface area contributed by atoms with E-state index in [0.717, 1.165) is 21.6 Å². The highest BCUT2D eigenvalue weighted by Gasteiger charge is 2.20. The van der Waals surface area contributed by atoms with Gasteiger partial charge in [-0.2, -0.15) is 0 Å². The van der Waals surface area contributed by atoms with E-state index in [1.54, 1.807) is 0 Å². The SMILES string of the molecule is NCC(=O)NC(CSSCC(N)C(=O)O)C(=O)O. The lowest BCUT2D eigenvalue weighted by Gasteiger charge is -2.13. The molecule has 18 heavy (non-hydrogen) atoms. The fourth-order valence-electron chi connectivity index (χ4n) is 0.737. The molecule has 0 aromatic rings. The van der Waals surface area contributed by atoms with Crippen molar-refractivity contribution in [2.75, 3.05) is 18.1 Å². The van der Waals surface area contributed by atoms with Gasteiger partial charge in [0.15, 0.2) is 0 Å². The van der Waals surface area contributed by atoms with Crippen LogP contribution in [0, 0.1) is 0 Å². The van der Waals surface area contributed by atoms with Crippen molar-refractivity contribution >= 4 is 39.4 Å². The van der Waals surface area contributed by atoms with Crippen molar-refractivity contribution in [1.29, 1.82) is 0 Å². The molecule has 0 spiro atoms. The maximum Gasteiger partial charge on any atom is 0.327 e. The molecule has 0 bridgehead atoms. The topological polar surface area (TPSA) is 156 Å². The smallest absolute Gasteiger partial charge is 0.327 e. The normalized spacial score (nSPS) is 13.7. The van der Waals surface area contributed by atoms with E-state index >= 15 is 0 Å². The van der Waals surface area contributed by atoms with Crippen LogP contribution in [0.15, 0.2) is 0 Å². The third-order valence-electron chi connectivity index (χ3n) is 1.70. The van der Waals surface area contributed by atoms with Crippen molar-refractivity contribution < 1.29 is 24.6 Å². The maximum atomic E-state index is 10.9. The molecule has 0 aliphatic carbocycles. The van der Waals surface area contributed by atoms with Gasteiger partial charge in [-0.25, -0.2) is 4.79 Å². The van der Waals surface area contributed by atoms with E-state index in [4.69, 9.17) is 21.7 Å². The van der Waals surface area contributed by atoms with E-state index in [1.165, 1.54) is 0 Å². The van der Waals surface area contributed by atoms with E-state index in [1.807, 2.05) is 0 Å². The molecule has 7 N–H and O–H groups in total. The number of amides is 1. The Morgan fingerprint density at radius 2 is 1.67 bits per heavy atom. The van der Waals surface area contributed by atoms with Crippen LogP contribution in [0.3, 0.4) is 0 Å². The molecular formula is C8H15N3O5S2. The number of carbonyl (C=O) groups is 3. The summed E-state index contributed by atoms with van der Waals surface area (Å²) in [5, 5.41) is 19.6. The number of aliphatic carboxylic acids is 2. The van der Waals surface area contributed by atoms with Crippen LogP contribution in [-0.4, -0.2) is 58.2 Å². The maximum absolute atomic E-state index is 10.9. The van der Waals surface area contributed by atoms with Gasteiger partial charge in [0.1, 0.15) is 12.1 Å². The van der Waals surface area contributed by atoms with Crippen LogP contribution in [0.5, 0.6) is 0 Å². The molecule has 0 rings (SSSR count). The van der Waals surface area contributed by atoms with Gasteiger partial charge in [-0.3, -0.25) is 9.59 Å². The van der Waals surface area contributed by atoms with Gasteiger partial charge in [-0.1, -0.05) is 21.6 Å². The standard InChI is InChI=1S/C8H15N3O5S2/c9-1-6(12)11-5(8(15)16)3-18-17-2-4(10)7(13)14/h4-5H,1-3,9-10H2,(H,11,12)(H,13,14)(H,15,16). The molecule has 0 radical (unpaired) electrons. The summed E-state index contributed by atoms with van der Waals surface area (Å²) in [7, 11) is 2.26.